The number of benzene rings is 3. The number of hydrogen-bond acceptors (Lipinski definition) is 5. The molecule has 0 spiro atoms. The molecule has 27 heavy (non-hydrogen) atoms. The molecule has 0 aliphatic rings. The van der Waals surface area contributed by atoms with E-state index in [9.17, 15) is 4.79 Å². The summed E-state index contributed by atoms with van der Waals surface area (Å²) in [6, 6.07) is 21.7. The van der Waals surface area contributed by atoms with E-state index in [-0.39, 0.29) is 11.7 Å². The van der Waals surface area contributed by atoms with Gasteiger partial charge in [0, 0.05) is 5.56 Å². The lowest BCUT2D eigenvalue weighted by molar-refractivity contribution is -0.118. The summed E-state index contributed by atoms with van der Waals surface area (Å²) in [6.07, 6.45) is 0. The van der Waals surface area contributed by atoms with E-state index in [1.807, 2.05) is 55.5 Å². The summed E-state index contributed by atoms with van der Waals surface area (Å²) < 4.78 is 5.60. The minimum atomic E-state index is -0.207. The molecule has 3 aromatic carbocycles. The van der Waals surface area contributed by atoms with Crippen molar-refractivity contribution in [3.8, 4) is 0 Å². The Morgan fingerprint density at radius 3 is 2.74 bits per heavy atom. The van der Waals surface area contributed by atoms with Gasteiger partial charge in [0.25, 0.3) is 11.1 Å². The van der Waals surface area contributed by atoms with E-state index in [0.717, 1.165) is 27.6 Å². The van der Waals surface area contributed by atoms with Crippen LogP contribution in [0.2, 0.25) is 0 Å². The number of carbonyl (C=O) groups is 1. The van der Waals surface area contributed by atoms with Crippen molar-refractivity contribution in [3.63, 3.8) is 0 Å². The molecule has 0 radical (unpaired) electrons. The summed E-state index contributed by atoms with van der Waals surface area (Å²) in [6.45, 7) is 1.88. The average Bonchev–Trinajstić information content (AvgIpc) is 3.13. The fourth-order valence-corrected chi connectivity index (χ4v) is 3.45. The second kappa shape index (κ2) is 7.63. The molecule has 6 heteroatoms. The van der Waals surface area contributed by atoms with Crippen LogP contribution in [0.3, 0.4) is 0 Å². The van der Waals surface area contributed by atoms with Gasteiger partial charge in [0.05, 0.1) is 11.5 Å². The molecule has 1 aromatic heterocycles. The molecule has 0 aliphatic carbocycles. The van der Waals surface area contributed by atoms with Gasteiger partial charge in [-0.1, -0.05) is 66.4 Å². The van der Waals surface area contributed by atoms with Crippen LogP contribution in [0.5, 0.6) is 0 Å². The lowest BCUT2D eigenvalue weighted by atomic mass is 10.0. The number of hydrogen-bond donors (Lipinski definition) is 1. The highest BCUT2D eigenvalue weighted by Gasteiger charge is 2.09. The molecular formula is C21H17N3O2S. The predicted molar refractivity (Wildman–Crippen MR) is 109 cm³/mol. The topological polar surface area (TPSA) is 67.5 Å². The van der Waals surface area contributed by atoms with Gasteiger partial charge < -0.3 is 4.42 Å². The third kappa shape index (κ3) is 3.85. The Morgan fingerprint density at radius 2 is 1.85 bits per heavy atom. The van der Waals surface area contributed by atoms with Gasteiger partial charge in [0.1, 0.15) is 5.52 Å². The maximum atomic E-state index is 12.1. The van der Waals surface area contributed by atoms with Crippen molar-refractivity contribution in [3.05, 3.63) is 72.3 Å². The maximum Gasteiger partial charge on any atom is 0.257 e. The normalized spacial score (nSPS) is 11.8. The molecule has 134 valence electrons. The Bertz CT molecular complexity index is 1110. The third-order valence-electron chi connectivity index (χ3n) is 4.13. The first-order chi connectivity index (χ1) is 13.2. The SMILES string of the molecule is CC(=NNC(=O)CSc1nc2ccccc2o1)c1cccc2ccccc12. The number of oxazole rings is 1. The van der Waals surface area contributed by atoms with Gasteiger partial charge in [-0.15, -0.1) is 0 Å². The Morgan fingerprint density at radius 1 is 1.07 bits per heavy atom. The van der Waals surface area contributed by atoms with Crippen LogP contribution in [0.15, 0.2) is 81.5 Å². The van der Waals surface area contributed by atoms with Crippen LogP contribution in [-0.2, 0) is 4.79 Å². The number of nitrogens with one attached hydrogen (secondary N) is 1. The minimum Gasteiger partial charge on any atom is -0.431 e. The van der Waals surface area contributed by atoms with Crippen LogP contribution >= 0.6 is 11.8 Å². The molecule has 0 fully saturated rings. The molecular weight excluding hydrogens is 358 g/mol. The van der Waals surface area contributed by atoms with Gasteiger partial charge in [-0.2, -0.15) is 5.10 Å². The number of para-hydroxylation sites is 2. The molecule has 4 aromatic rings. The van der Waals surface area contributed by atoms with Crippen LogP contribution in [0, 0.1) is 0 Å². The van der Waals surface area contributed by atoms with Crippen molar-refractivity contribution in [2.75, 3.05) is 5.75 Å². The Labute approximate surface area is 160 Å². The molecule has 5 nitrogen and oxygen atoms in total. The first kappa shape index (κ1) is 17.3. The summed E-state index contributed by atoms with van der Waals surface area (Å²) in [5, 5.41) is 6.97. The van der Waals surface area contributed by atoms with Crippen LogP contribution < -0.4 is 5.43 Å². The summed E-state index contributed by atoms with van der Waals surface area (Å²) in [5.74, 6) is -0.0269. The number of rotatable bonds is 5. The third-order valence-corrected chi connectivity index (χ3v) is 4.96. The number of amides is 1. The average molecular weight is 375 g/mol. The van der Waals surface area contributed by atoms with Gasteiger partial charge in [0.2, 0.25) is 0 Å². The lowest BCUT2D eigenvalue weighted by Gasteiger charge is -2.06. The smallest absolute Gasteiger partial charge is 0.257 e. The first-order valence-electron chi connectivity index (χ1n) is 8.50. The summed E-state index contributed by atoms with van der Waals surface area (Å²) in [4.78, 5) is 16.5. The highest BCUT2D eigenvalue weighted by atomic mass is 32.2. The van der Waals surface area contributed by atoms with E-state index >= 15 is 0 Å². The fourth-order valence-electron chi connectivity index (χ4n) is 2.82. The molecule has 0 unspecified atom stereocenters. The van der Waals surface area contributed by atoms with Gasteiger partial charge in [-0.3, -0.25) is 4.79 Å². The van der Waals surface area contributed by atoms with Crippen LogP contribution in [0.1, 0.15) is 12.5 Å². The second-order valence-electron chi connectivity index (χ2n) is 6.00. The van der Waals surface area contributed by atoms with Crippen molar-refractivity contribution in [2.24, 2.45) is 5.10 Å². The van der Waals surface area contributed by atoms with Crippen molar-refractivity contribution in [1.82, 2.24) is 10.4 Å². The minimum absolute atomic E-state index is 0.180. The maximum absolute atomic E-state index is 12.1. The van der Waals surface area contributed by atoms with Crippen molar-refractivity contribution >= 4 is 45.3 Å². The predicted octanol–water partition coefficient (Wildman–Crippen LogP) is 4.61. The zero-order chi connectivity index (χ0) is 18.6. The lowest BCUT2D eigenvalue weighted by Crippen LogP contribution is -2.21. The Balaban J connectivity index is 1.41. The van der Waals surface area contributed by atoms with E-state index in [4.69, 9.17) is 4.42 Å². The molecule has 4 rings (SSSR count). The van der Waals surface area contributed by atoms with Gasteiger partial charge in [0.15, 0.2) is 5.58 Å². The standard InChI is InChI=1S/C21H17N3O2S/c1-14(16-10-6-8-15-7-2-3-9-17(15)16)23-24-20(25)13-27-21-22-18-11-4-5-12-19(18)26-21/h2-12H,13H2,1H3,(H,24,25). The molecule has 1 heterocycles. The molecule has 0 saturated heterocycles. The number of carbonyl (C=O) groups excluding carboxylic acids is 1. The van der Waals surface area contributed by atoms with Crippen LogP contribution in [-0.4, -0.2) is 22.4 Å². The highest BCUT2D eigenvalue weighted by molar-refractivity contribution is 7.99. The van der Waals surface area contributed by atoms with Gasteiger partial charge >= 0.3 is 0 Å². The number of aromatic nitrogens is 1. The van der Waals surface area contributed by atoms with Crippen molar-refractivity contribution in [2.45, 2.75) is 12.1 Å². The van der Waals surface area contributed by atoms with Gasteiger partial charge in [-0.05, 0) is 29.8 Å². The zero-order valence-corrected chi connectivity index (χ0v) is 15.5. The van der Waals surface area contributed by atoms with Crippen LogP contribution in [0.25, 0.3) is 21.9 Å². The Hall–Kier alpha value is -3.12. The van der Waals surface area contributed by atoms with Crippen LogP contribution in [0.4, 0.5) is 0 Å². The largest absolute Gasteiger partial charge is 0.431 e. The van der Waals surface area contributed by atoms with E-state index in [0.29, 0.717) is 10.8 Å². The van der Waals surface area contributed by atoms with E-state index in [1.54, 1.807) is 0 Å². The molecule has 0 bridgehead atoms. The molecule has 0 aliphatic heterocycles. The quantitative estimate of drug-likeness (QED) is 0.314. The highest BCUT2D eigenvalue weighted by Crippen LogP contribution is 2.23. The second-order valence-corrected chi connectivity index (χ2v) is 6.92. The molecule has 0 atom stereocenters. The summed E-state index contributed by atoms with van der Waals surface area (Å²) in [5.41, 5.74) is 5.86. The number of fused-ring (bicyclic) bond motifs is 2. The van der Waals surface area contributed by atoms with E-state index < -0.39 is 0 Å². The molecule has 1 N–H and O–H groups in total. The Kier molecular flexibility index (Phi) is 4.89. The fraction of sp³-hybridized carbons (Fsp3) is 0.0952. The van der Waals surface area contributed by atoms with Crippen molar-refractivity contribution < 1.29 is 9.21 Å². The number of nitrogens with zero attached hydrogens (tertiary/aromatic N) is 2. The molecule has 1 amide bonds. The monoisotopic (exact) mass is 375 g/mol. The molecule has 0 saturated carbocycles. The number of thioether (sulfide) groups is 1. The van der Waals surface area contributed by atoms with E-state index in [1.165, 1.54) is 11.8 Å². The van der Waals surface area contributed by atoms with Crippen molar-refractivity contribution in [1.29, 1.82) is 0 Å². The summed E-state index contributed by atoms with van der Waals surface area (Å²) >= 11 is 1.25. The zero-order valence-electron chi connectivity index (χ0n) is 14.7. The van der Waals surface area contributed by atoms with Gasteiger partial charge in [-0.25, -0.2) is 10.4 Å². The summed E-state index contributed by atoms with van der Waals surface area (Å²) in [7, 11) is 0. The van der Waals surface area contributed by atoms with E-state index in [2.05, 4.69) is 33.7 Å². The number of hydrazone groups is 1. The first-order valence-corrected chi connectivity index (χ1v) is 9.49.